The van der Waals surface area contributed by atoms with Crippen molar-refractivity contribution in [2.24, 2.45) is 10.9 Å². The maximum Gasteiger partial charge on any atom is 0.213 e. The third-order valence-corrected chi connectivity index (χ3v) is 6.56. The molecule has 1 aliphatic carbocycles. The van der Waals surface area contributed by atoms with Gasteiger partial charge in [0.25, 0.3) is 0 Å². The van der Waals surface area contributed by atoms with Gasteiger partial charge < -0.3 is 10.6 Å². The number of piperidine rings is 1. The Bertz CT molecular complexity index is 490. The molecule has 1 aliphatic heterocycles. The summed E-state index contributed by atoms with van der Waals surface area (Å²) in [6.45, 7) is 5.13. The molecule has 2 unspecified atom stereocenters. The van der Waals surface area contributed by atoms with Crippen molar-refractivity contribution >= 4 is 40.0 Å². The van der Waals surface area contributed by atoms with E-state index in [9.17, 15) is 8.42 Å². The lowest BCUT2D eigenvalue weighted by Gasteiger charge is -2.32. The van der Waals surface area contributed by atoms with E-state index in [1.54, 1.807) is 18.3 Å². The number of hydrogen-bond acceptors (Lipinski definition) is 3. The third kappa shape index (κ3) is 6.04. The smallest absolute Gasteiger partial charge is 0.213 e. The Kier molecular flexibility index (Phi) is 8.57. The van der Waals surface area contributed by atoms with Gasteiger partial charge in [-0.2, -0.15) is 0 Å². The van der Waals surface area contributed by atoms with Gasteiger partial charge >= 0.3 is 0 Å². The van der Waals surface area contributed by atoms with E-state index in [-0.39, 0.29) is 29.7 Å². The van der Waals surface area contributed by atoms with Crippen LogP contribution in [0.3, 0.4) is 0 Å². The summed E-state index contributed by atoms with van der Waals surface area (Å²) in [5.41, 5.74) is 0. The first-order valence-electron chi connectivity index (χ1n) is 8.47. The molecule has 0 bridgehead atoms. The molecule has 0 aromatic carbocycles. The summed E-state index contributed by atoms with van der Waals surface area (Å²) in [4.78, 5) is 4.30. The second-order valence-corrected chi connectivity index (χ2v) is 8.58. The summed E-state index contributed by atoms with van der Waals surface area (Å²) >= 11 is 0. The topological polar surface area (TPSA) is 73.8 Å². The number of aliphatic imine (C=N–C) groups is 1. The van der Waals surface area contributed by atoms with Crippen LogP contribution in [0.25, 0.3) is 0 Å². The van der Waals surface area contributed by atoms with E-state index in [0.29, 0.717) is 25.2 Å². The van der Waals surface area contributed by atoms with Gasteiger partial charge in [0.05, 0.1) is 5.75 Å². The molecule has 8 heteroatoms. The Morgan fingerprint density at radius 2 is 1.87 bits per heavy atom. The van der Waals surface area contributed by atoms with Crippen molar-refractivity contribution < 1.29 is 8.42 Å². The van der Waals surface area contributed by atoms with Gasteiger partial charge in [0, 0.05) is 32.2 Å². The van der Waals surface area contributed by atoms with Crippen LogP contribution in [0, 0.1) is 5.92 Å². The molecule has 2 rings (SSSR count). The molecule has 23 heavy (non-hydrogen) atoms. The highest BCUT2D eigenvalue weighted by Crippen LogP contribution is 2.34. The Morgan fingerprint density at radius 3 is 2.39 bits per heavy atom. The average molecular weight is 458 g/mol. The average Bonchev–Trinajstić information content (AvgIpc) is 3.25. The summed E-state index contributed by atoms with van der Waals surface area (Å²) in [5, 5.41) is 6.93. The van der Waals surface area contributed by atoms with Gasteiger partial charge in [0.15, 0.2) is 5.96 Å². The molecule has 2 atom stereocenters. The maximum absolute atomic E-state index is 11.9. The van der Waals surface area contributed by atoms with E-state index in [1.165, 1.54) is 19.3 Å². The van der Waals surface area contributed by atoms with Crippen LogP contribution >= 0.6 is 24.0 Å². The van der Waals surface area contributed by atoms with Crippen LogP contribution in [0.4, 0.5) is 0 Å². The Morgan fingerprint density at radius 1 is 1.22 bits per heavy atom. The zero-order chi connectivity index (χ0) is 16.2. The molecule has 2 fully saturated rings. The third-order valence-electron chi connectivity index (χ3n) is 4.68. The van der Waals surface area contributed by atoms with Crippen LogP contribution in [0.5, 0.6) is 0 Å². The highest BCUT2D eigenvalue weighted by atomic mass is 127. The van der Waals surface area contributed by atoms with Crippen LogP contribution in [0.2, 0.25) is 0 Å². The first-order chi connectivity index (χ1) is 10.5. The molecule has 6 nitrogen and oxygen atoms in total. The molecule has 0 amide bonds. The zero-order valence-corrected chi connectivity index (χ0v) is 17.6. The largest absolute Gasteiger partial charge is 0.354 e. The lowest BCUT2D eigenvalue weighted by Crippen LogP contribution is -2.50. The van der Waals surface area contributed by atoms with Crippen LogP contribution in [0.1, 0.15) is 46.0 Å². The van der Waals surface area contributed by atoms with Crippen molar-refractivity contribution in [1.82, 2.24) is 14.9 Å². The number of nitrogens with one attached hydrogen (secondary N) is 2. The quantitative estimate of drug-likeness (QED) is 0.362. The summed E-state index contributed by atoms with van der Waals surface area (Å²) < 4.78 is 25.3. The Hall–Kier alpha value is -0.0900. The van der Waals surface area contributed by atoms with Crippen LogP contribution in [-0.4, -0.2) is 56.7 Å². The van der Waals surface area contributed by atoms with Gasteiger partial charge in [-0.25, -0.2) is 12.7 Å². The molecular formula is C15H31IN4O2S. The maximum atomic E-state index is 11.9. The second-order valence-electron chi connectivity index (χ2n) is 6.33. The SMILES string of the molecule is CCCC1CC1NC(=NC)NC1CCN(S(=O)(=O)CC)CC1.I. The molecule has 136 valence electrons. The predicted molar refractivity (Wildman–Crippen MR) is 106 cm³/mol. The monoisotopic (exact) mass is 458 g/mol. The minimum absolute atomic E-state index is 0. The fourth-order valence-corrected chi connectivity index (χ4v) is 4.25. The van der Waals surface area contributed by atoms with Crippen molar-refractivity contribution in [1.29, 1.82) is 0 Å². The van der Waals surface area contributed by atoms with Crippen molar-refractivity contribution in [2.45, 2.75) is 58.0 Å². The first-order valence-corrected chi connectivity index (χ1v) is 10.1. The molecule has 0 aromatic heterocycles. The molecule has 2 N–H and O–H groups in total. The molecule has 1 saturated heterocycles. The van der Waals surface area contributed by atoms with Gasteiger partial charge in [-0.1, -0.05) is 13.3 Å². The van der Waals surface area contributed by atoms with Crippen LogP contribution in [0.15, 0.2) is 4.99 Å². The standard InChI is InChI=1S/C15H30N4O2S.HI/c1-4-6-12-11-14(12)18-15(16-3)17-13-7-9-19(10-8-13)22(20,21)5-2;/h12-14H,4-11H2,1-3H3,(H2,16,17,18);1H. The van der Waals surface area contributed by atoms with E-state index < -0.39 is 10.0 Å². The fourth-order valence-electron chi connectivity index (χ4n) is 3.11. The minimum Gasteiger partial charge on any atom is -0.354 e. The molecule has 0 spiro atoms. The lowest BCUT2D eigenvalue weighted by molar-refractivity contribution is 0.306. The number of hydrogen-bond donors (Lipinski definition) is 2. The molecular weight excluding hydrogens is 427 g/mol. The molecule has 1 saturated carbocycles. The lowest BCUT2D eigenvalue weighted by atomic mass is 10.1. The van der Waals surface area contributed by atoms with Crippen molar-refractivity contribution in [2.75, 3.05) is 25.9 Å². The highest BCUT2D eigenvalue weighted by molar-refractivity contribution is 14.0. The molecule has 2 aliphatic rings. The predicted octanol–water partition coefficient (Wildman–Crippen LogP) is 1.77. The van der Waals surface area contributed by atoms with E-state index in [4.69, 9.17) is 0 Å². The summed E-state index contributed by atoms with van der Waals surface area (Å²) in [6.07, 6.45) is 5.43. The van der Waals surface area contributed by atoms with Gasteiger partial charge in [-0.3, -0.25) is 4.99 Å². The van der Waals surface area contributed by atoms with E-state index in [2.05, 4.69) is 22.5 Å². The van der Waals surface area contributed by atoms with Gasteiger partial charge in [-0.05, 0) is 38.5 Å². The van der Waals surface area contributed by atoms with Crippen LogP contribution < -0.4 is 10.6 Å². The van der Waals surface area contributed by atoms with E-state index >= 15 is 0 Å². The summed E-state index contributed by atoms with van der Waals surface area (Å²) in [5.74, 6) is 1.84. The number of sulfonamides is 1. The van der Waals surface area contributed by atoms with Gasteiger partial charge in [0.2, 0.25) is 10.0 Å². The zero-order valence-electron chi connectivity index (χ0n) is 14.4. The van der Waals surface area contributed by atoms with Gasteiger partial charge in [0.1, 0.15) is 0 Å². The Labute approximate surface area is 157 Å². The first kappa shape index (κ1) is 21.0. The molecule has 0 aromatic rings. The second kappa shape index (κ2) is 9.41. The van der Waals surface area contributed by atoms with E-state index in [1.807, 2.05) is 0 Å². The normalized spacial score (nSPS) is 26.5. The number of guanidine groups is 1. The van der Waals surface area contributed by atoms with Crippen LogP contribution in [-0.2, 0) is 10.0 Å². The van der Waals surface area contributed by atoms with Crippen molar-refractivity contribution in [3.8, 4) is 0 Å². The Balaban J connectivity index is 0.00000264. The van der Waals surface area contributed by atoms with E-state index in [0.717, 1.165) is 24.7 Å². The highest BCUT2D eigenvalue weighted by Gasteiger charge is 2.37. The number of nitrogens with zero attached hydrogens (tertiary/aromatic N) is 2. The summed E-state index contributed by atoms with van der Waals surface area (Å²) in [6, 6.07) is 0.865. The molecule has 1 heterocycles. The number of halogens is 1. The fraction of sp³-hybridized carbons (Fsp3) is 0.933. The minimum atomic E-state index is -3.04. The van der Waals surface area contributed by atoms with Crippen molar-refractivity contribution in [3.63, 3.8) is 0 Å². The molecule has 0 radical (unpaired) electrons. The van der Waals surface area contributed by atoms with Crippen molar-refractivity contribution in [3.05, 3.63) is 0 Å². The summed E-state index contributed by atoms with van der Waals surface area (Å²) in [7, 11) is -1.25. The van der Waals surface area contributed by atoms with Gasteiger partial charge in [-0.15, -0.1) is 24.0 Å². The number of rotatable bonds is 6.